The number of hydrogen-bond donors (Lipinski definition) is 3. The van der Waals surface area contributed by atoms with E-state index in [1.807, 2.05) is 6.20 Å². The smallest absolute Gasteiger partial charge is 0.272 e. The number of nitrogens with one attached hydrogen (secondary N) is 3. The summed E-state index contributed by atoms with van der Waals surface area (Å²) < 4.78 is 40.1. The minimum absolute atomic E-state index is 0.206. The van der Waals surface area contributed by atoms with Crippen LogP contribution in [0.4, 0.5) is 14.5 Å². The van der Waals surface area contributed by atoms with Crippen molar-refractivity contribution in [3.05, 3.63) is 47.3 Å². The normalized spacial score (nSPS) is 22.2. The van der Waals surface area contributed by atoms with Crippen LogP contribution in [-0.4, -0.2) is 16.5 Å². The van der Waals surface area contributed by atoms with Crippen LogP contribution in [0.2, 0.25) is 0 Å². The van der Waals surface area contributed by atoms with E-state index >= 15 is 0 Å². The van der Waals surface area contributed by atoms with Crippen LogP contribution >= 0.6 is 0 Å². The number of halogens is 2. The number of anilines is 1. The lowest BCUT2D eigenvalue weighted by atomic mass is 10.0. The molecule has 1 saturated carbocycles. The average molecular weight is 392 g/mol. The van der Waals surface area contributed by atoms with E-state index in [0.717, 1.165) is 47.8 Å². The van der Waals surface area contributed by atoms with E-state index in [1.165, 1.54) is 18.9 Å². The second-order valence-corrected chi connectivity index (χ2v) is 8.64. The van der Waals surface area contributed by atoms with Crippen LogP contribution in [0.3, 0.4) is 0 Å². The van der Waals surface area contributed by atoms with E-state index in [0.29, 0.717) is 11.7 Å². The zero-order chi connectivity index (χ0) is 19.1. The van der Waals surface area contributed by atoms with Gasteiger partial charge in [-0.25, -0.2) is 13.5 Å². The molecule has 144 valence electrons. The van der Waals surface area contributed by atoms with Gasteiger partial charge in [-0.3, -0.25) is 9.57 Å². The van der Waals surface area contributed by atoms with E-state index in [9.17, 15) is 13.6 Å². The lowest BCUT2D eigenvalue weighted by Gasteiger charge is -2.16. The lowest BCUT2D eigenvalue weighted by Crippen LogP contribution is -2.29. The number of fused-ring (bicyclic) bond motifs is 1. The van der Waals surface area contributed by atoms with Gasteiger partial charge in [0.1, 0.15) is 5.69 Å². The number of nitrogens with zero attached hydrogens (tertiary/aromatic N) is 1. The van der Waals surface area contributed by atoms with E-state index in [1.54, 1.807) is 11.6 Å². The third kappa shape index (κ3) is 3.82. The van der Waals surface area contributed by atoms with Crippen LogP contribution in [0, 0.1) is 22.3 Å². The number of carbonyl (C=O) groups excluding carboxylic acids is 1. The monoisotopic (exact) mass is 392 g/mol. The molecule has 2 aliphatic rings. The van der Waals surface area contributed by atoms with Gasteiger partial charge in [-0.2, -0.15) is 0 Å². The highest BCUT2D eigenvalue weighted by Gasteiger charge is 2.30. The third-order valence-corrected chi connectivity index (χ3v) is 6.56. The first-order chi connectivity index (χ1) is 12.9. The molecule has 2 heterocycles. The molecule has 2 unspecified atom stereocenters. The first-order valence-corrected chi connectivity index (χ1v) is 10.3. The first-order valence-electron chi connectivity index (χ1n) is 9.08. The van der Waals surface area contributed by atoms with Crippen molar-refractivity contribution in [2.45, 2.75) is 43.0 Å². The molecule has 27 heavy (non-hydrogen) atoms. The Balaban J connectivity index is 1.57. The van der Waals surface area contributed by atoms with Gasteiger partial charge in [-0.1, -0.05) is 12.8 Å². The van der Waals surface area contributed by atoms with Crippen molar-refractivity contribution in [3.63, 3.8) is 0 Å². The Kier molecular flexibility index (Phi) is 4.86. The number of carbonyl (C=O) groups is 1. The molecular weight excluding hydrogens is 370 g/mol. The summed E-state index contributed by atoms with van der Waals surface area (Å²) in [5, 5.41) is 2.65. The summed E-state index contributed by atoms with van der Waals surface area (Å²) >= 11 is 0. The van der Waals surface area contributed by atoms with E-state index < -0.39 is 22.5 Å². The Bertz CT molecular complexity index is 923. The predicted octanol–water partition coefficient (Wildman–Crippen LogP) is 3.91. The molecule has 1 aromatic carbocycles. The summed E-state index contributed by atoms with van der Waals surface area (Å²) in [5.41, 5.74) is 1.56. The molecule has 1 amide bonds. The van der Waals surface area contributed by atoms with Crippen LogP contribution in [0.1, 0.15) is 41.7 Å². The lowest BCUT2D eigenvalue weighted by molar-refractivity contribution is 0.101. The molecule has 1 aliphatic carbocycles. The van der Waals surface area contributed by atoms with Gasteiger partial charge in [0.2, 0.25) is 0 Å². The van der Waals surface area contributed by atoms with Gasteiger partial charge in [0.15, 0.2) is 11.6 Å². The van der Waals surface area contributed by atoms with E-state index in [2.05, 4.69) is 10.0 Å². The van der Waals surface area contributed by atoms with Crippen molar-refractivity contribution in [2.75, 3.05) is 5.32 Å². The topological polar surface area (TPSA) is 69.9 Å². The molecule has 4 rings (SSSR count). The van der Waals surface area contributed by atoms with Crippen LogP contribution in [-0.2, 0) is 24.3 Å². The number of rotatable bonds is 4. The summed E-state index contributed by atoms with van der Waals surface area (Å²) in [7, 11) is 0.901. The molecular formula is C19H22F2N4OS. The zero-order valence-corrected chi connectivity index (χ0v) is 15.8. The fraction of sp³-hybridized carbons (Fsp3) is 0.421. The highest BCUT2D eigenvalue weighted by Crippen LogP contribution is 2.36. The summed E-state index contributed by atoms with van der Waals surface area (Å²) in [6.45, 7) is 0. The average Bonchev–Trinajstić information content (AvgIpc) is 3.38. The highest BCUT2D eigenvalue weighted by molar-refractivity contribution is 7.84. The summed E-state index contributed by atoms with van der Waals surface area (Å²) in [6, 6.07) is 3.60. The molecule has 2 atom stereocenters. The minimum atomic E-state index is -1.00. The first kappa shape index (κ1) is 18.3. The summed E-state index contributed by atoms with van der Waals surface area (Å²) in [4.78, 5) is 13.7. The van der Waals surface area contributed by atoms with Gasteiger partial charge in [-0.05, 0) is 53.8 Å². The molecule has 2 aromatic rings. The van der Waals surface area contributed by atoms with Crippen LogP contribution in [0.15, 0.2) is 29.3 Å². The van der Waals surface area contributed by atoms with Crippen molar-refractivity contribution < 1.29 is 13.6 Å². The van der Waals surface area contributed by atoms with Crippen LogP contribution < -0.4 is 10.0 Å². The van der Waals surface area contributed by atoms with Crippen molar-refractivity contribution >= 4 is 22.5 Å². The largest absolute Gasteiger partial charge is 0.345 e. The Morgan fingerprint density at radius 1 is 1.33 bits per heavy atom. The van der Waals surface area contributed by atoms with Crippen LogP contribution in [0.5, 0.6) is 0 Å². The maximum absolute atomic E-state index is 13.4. The molecule has 0 saturated heterocycles. The summed E-state index contributed by atoms with van der Waals surface area (Å²) in [6.07, 6.45) is 7.10. The number of benzene rings is 1. The molecule has 0 bridgehead atoms. The molecule has 3 N–H and O–H groups in total. The van der Waals surface area contributed by atoms with Gasteiger partial charge < -0.3 is 9.88 Å². The Hall–Kier alpha value is -2.06. The Labute approximate surface area is 159 Å². The quantitative estimate of drug-likeness (QED) is 0.738. The highest BCUT2D eigenvalue weighted by atomic mass is 32.2. The van der Waals surface area contributed by atoms with Crippen molar-refractivity contribution in [1.29, 1.82) is 4.78 Å². The van der Waals surface area contributed by atoms with Crippen molar-refractivity contribution in [2.24, 2.45) is 13.0 Å². The maximum atomic E-state index is 13.4. The van der Waals surface area contributed by atoms with Gasteiger partial charge in [0.25, 0.3) is 5.91 Å². The standard InChI is InChI=1S/C19H22F2N4OS/c1-25-10-17-14(6-4-13(24-27(17)22)8-11-2-3-11)18(25)19(26)23-12-5-7-15(20)16(21)9-12/h5,7,9-11,13H,2-4,6,8H2,1H3,(H2,22,24)(H,23,26). The SMILES string of the molecule is Cn1cc2c(c1C(=O)Nc1ccc(F)c(F)c1)CCC(CC1CC1)NS2=N. The van der Waals surface area contributed by atoms with Crippen LogP contribution in [0.25, 0.3) is 0 Å². The van der Waals surface area contributed by atoms with Crippen molar-refractivity contribution in [3.8, 4) is 0 Å². The number of aryl methyl sites for hydroxylation is 1. The molecule has 1 aromatic heterocycles. The Morgan fingerprint density at radius 2 is 2.11 bits per heavy atom. The Morgan fingerprint density at radius 3 is 2.81 bits per heavy atom. The van der Waals surface area contributed by atoms with Gasteiger partial charge in [0, 0.05) is 31.0 Å². The van der Waals surface area contributed by atoms with Gasteiger partial charge in [-0.15, -0.1) is 0 Å². The van der Waals surface area contributed by atoms with E-state index in [4.69, 9.17) is 4.78 Å². The minimum Gasteiger partial charge on any atom is -0.345 e. The number of amides is 1. The van der Waals surface area contributed by atoms with E-state index in [-0.39, 0.29) is 11.6 Å². The van der Waals surface area contributed by atoms with Gasteiger partial charge in [0.05, 0.1) is 4.90 Å². The third-order valence-electron chi connectivity index (χ3n) is 5.20. The second-order valence-electron chi connectivity index (χ2n) is 7.35. The summed E-state index contributed by atoms with van der Waals surface area (Å²) in [5.74, 6) is -1.55. The molecule has 0 spiro atoms. The molecule has 0 radical (unpaired) electrons. The number of aromatic nitrogens is 1. The molecule has 8 heteroatoms. The molecule has 5 nitrogen and oxygen atoms in total. The number of hydrogen-bond acceptors (Lipinski definition) is 2. The second kappa shape index (κ2) is 7.16. The maximum Gasteiger partial charge on any atom is 0.272 e. The fourth-order valence-electron chi connectivity index (χ4n) is 3.66. The zero-order valence-electron chi connectivity index (χ0n) is 15.0. The van der Waals surface area contributed by atoms with Crippen molar-refractivity contribution in [1.82, 2.24) is 9.29 Å². The molecule has 1 fully saturated rings. The molecule has 1 aliphatic heterocycles. The predicted molar refractivity (Wildman–Crippen MR) is 101 cm³/mol. The fourth-order valence-corrected chi connectivity index (χ4v) is 5.04. The van der Waals surface area contributed by atoms with Gasteiger partial charge >= 0.3 is 0 Å².